The number of anilines is 2. The second kappa shape index (κ2) is 9.64. The third-order valence-corrected chi connectivity index (χ3v) is 4.79. The van der Waals surface area contributed by atoms with Crippen molar-refractivity contribution in [3.8, 4) is 11.1 Å². The summed E-state index contributed by atoms with van der Waals surface area (Å²) in [6.07, 6.45) is -5.96. The lowest BCUT2D eigenvalue weighted by atomic mass is 10.0. The van der Waals surface area contributed by atoms with Gasteiger partial charge in [-0.2, -0.15) is 26.3 Å². The summed E-state index contributed by atoms with van der Waals surface area (Å²) in [5, 5.41) is 8.29. The second-order valence-corrected chi connectivity index (χ2v) is 7.40. The number of nitrogens with zero attached hydrogens (tertiary/aromatic N) is 4. The van der Waals surface area contributed by atoms with E-state index in [-0.39, 0.29) is 29.2 Å². The highest BCUT2D eigenvalue weighted by molar-refractivity contribution is 5.98. The summed E-state index contributed by atoms with van der Waals surface area (Å²) < 4.78 is 84.3. The lowest BCUT2D eigenvalue weighted by Crippen LogP contribution is -2.35. The number of carbonyl (C=O) groups is 1. The Morgan fingerprint density at radius 3 is 2.42 bits per heavy atom. The summed E-state index contributed by atoms with van der Waals surface area (Å²) in [7, 11) is 0. The van der Waals surface area contributed by atoms with Gasteiger partial charge in [-0.15, -0.1) is 0 Å². The summed E-state index contributed by atoms with van der Waals surface area (Å²) in [6.45, 7) is 0.151. The van der Waals surface area contributed by atoms with Gasteiger partial charge in [-0.1, -0.05) is 30.3 Å². The molecule has 0 fully saturated rings. The predicted molar refractivity (Wildman–Crippen MR) is 112 cm³/mol. The van der Waals surface area contributed by atoms with Crippen LogP contribution in [-0.4, -0.2) is 21.3 Å². The molecule has 0 unspecified atom stereocenters. The number of aromatic nitrogens is 4. The Morgan fingerprint density at radius 1 is 0.972 bits per heavy atom. The Bertz CT molecular complexity index is 1370. The van der Waals surface area contributed by atoms with Crippen molar-refractivity contribution in [3.05, 3.63) is 84.1 Å². The van der Waals surface area contributed by atoms with E-state index in [2.05, 4.69) is 25.9 Å². The van der Waals surface area contributed by atoms with E-state index in [1.54, 1.807) is 12.1 Å². The fourth-order valence-electron chi connectivity index (χ4n) is 3.20. The largest absolute Gasteiger partial charge is 0.434 e. The number of urea groups is 1. The summed E-state index contributed by atoms with van der Waals surface area (Å²) in [5.74, 6) is -0.0904. The molecule has 2 heterocycles. The van der Waals surface area contributed by atoms with Crippen molar-refractivity contribution in [1.82, 2.24) is 15.2 Å². The van der Waals surface area contributed by atoms with Crippen LogP contribution in [-0.2, 0) is 18.9 Å². The van der Waals surface area contributed by atoms with Crippen LogP contribution in [0, 0.1) is 0 Å². The minimum Gasteiger partial charge on any atom is -0.308 e. The Hall–Kier alpha value is -4.49. The molecule has 2 N–H and O–H groups in total. The van der Waals surface area contributed by atoms with Crippen LogP contribution in [0.15, 0.2) is 71.8 Å². The number of carbonyl (C=O) groups excluding carboxylic acids is 1. The van der Waals surface area contributed by atoms with Gasteiger partial charge in [0.1, 0.15) is 6.33 Å². The topological polar surface area (TPSA) is 96.8 Å². The zero-order valence-corrected chi connectivity index (χ0v) is 17.9. The van der Waals surface area contributed by atoms with Crippen LogP contribution in [0.1, 0.15) is 16.8 Å². The maximum Gasteiger partial charge on any atom is 0.434 e. The second-order valence-electron chi connectivity index (χ2n) is 7.40. The van der Waals surface area contributed by atoms with E-state index < -0.39 is 29.6 Å². The number of hydrogen-bond acceptors (Lipinski definition) is 5. The van der Waals surface area contributed by atoms with E-state index in [0.717, 1.165) is 30.7 Å². The predicted octanol–water partition coefficient (Wildman–Crippen LogP) is 5.15. The van der Waals surface area contributed by atoms with Gasteiger partial charge in [0.05, 0.1) is 5.56 Å². The van der Waals surface area contributed by atoms with E-state index in [0.29, 0.717) is 5.56 Å². The zero-order chi connectivity index (χ0) is 25.9. The van der Waals surface area contributed by atoms with Crippen molar-refractivity contribution in [2.75, 3.05) is 10.6 Å². The van der Waals surface area contributed by atoms with E-state index in [4.69, 9.17) is 4.52 Å². The number of amides is 2. The molecule has 0 spiro atoms. The van der Waals surface area contributed by atoms with Crippen molar-refractivity contribution in [1.29, 1.82) is 0 Å². The van der Waals surface area contributed by atoms with Crippen LogP contribution >= 0.6 is 0 Å². The van der Waals surface area contributed by atoms with Gasteiger partial charge in [-0.3, -0.25) is 9.84 Å². The standard InChI is InChI=1S/C22H14F6N6O2/c23-21(24,25)15-2-1-3-16(8-15)31-20(35)32-18-11-34(33-36-18)10-13-4-6-14(7-5-13)17-9-29-12-30-19(17)22(26,27)28/h1-9,11-12H,10H2,(H-,31,32,33,35)/p+1. The first-order valence-electron chi connectivity index (χ1n) is 10.1. The molecule has 4 aromatic rings. The first-order valence-corrected chi connectivity index (χ1v) is 10.1. The van der Waals surface area contributed by atoms with Crippen molar-refractivity contribution in [2.45, 2.75) is 18.9 Å². The summed E-state index contributed by atoms with van der Waals surface area (Å²) in [6, 6.07) is 9.36. The first-order chi connectivity index (χ1) is 17.0. The van der Waals surface area contributed by atoms with E-state index in [1.807, 2.05) is 0 Å². The summed E-state index contributed by atoms with van der Waals surface area (Å²) in [4.78, 5) is 19.1. The Kier molecular flexibility index (Phi) is 6.59. The van der Waals surface area contributed by atoms with Gasteiger partial charge in [-0.25, -0.2) is 14.8 Å². The number of alkyl halides is 6. The number of rotatable bonds is 5. The normalized spacial score (nSPS) is 11.8. The van der Waals surface area contributed by atoms with Crippen LogP contribution in [0.2, 0.25) is 0 Å². The molecule has 0 aliphatic heterocycles. The maximum atomic E-state index is 13.2. The lowest BCUT2D eigenvalue weighted by Gasteiger charge is -2.10. The van der Waals surface area contributed by atoms with Crippen LogP contribution in [0.5, 0.6) is 0 Å². The molecule has 186 valence electrons. The minimum absolute atomic E-state index is 0.0766. The van der Waals surface area contributed by atoms with Gasteiger partial charge in [0.15, 0.2) is 5.69 Å². The van der Waals surface area contributed by atoms with Crippen molar-refractivity contribution in [2.24, 2.45) is 0 Å². The number of halogens is 6. The smallest absolute Gasteiger partial charge is 0.308 e. The minimum atomic E-state index is -4.63. The first kappa shape index (κ1) is 24.6. The molecule has 0 aliphatic carbocycles. The highest BCUT2D eigenvalue weighted by Gasteiger charge is 2.35. The van der Waals surface area contributed by atoms with Gasteiger partial charge in [-0.05, 0) is 28.4 Å². The van der Waals surface area contributed by atoms with E-state index in [1.165, 1.54) is 29.1 Å². The quantitative estimate of drug-likeness (QED) is 0.287. The molecule has 0 radical (unpaired) electrons. The van der Waals surface area contributed by atoms with Crippen LogP contribution in [0.25, 0.3) is 11.1 Å². The van der Waals surface area contributed by atoms with Crippen LogP contribution < -0.4 is 15.3 Å². The van der Waals surface area contributed by atoms with Crippen LogP contribution in [0.4, 0.5) is 42.7 Å². The molecule has 14 heteroatoms. The third kappa shape index (κ3) is 5.95. The molecule has 0 aliphatic rings. The molecule has 36 heavy (non-hydrogen) atoms. The molecule has 0 saturated heterocycles. The van der Waals surface area contributed by atoms with Gasteiger partial charge in [0.2, 0.25) is 11.8 Å². The highest BCUT2D eigenvalue weighted by Crippen LogP contribution is 2.35. The van der Waals surface area contributed by atoms with Gasteiger partial charge in [0, 0.05) is 23.0 Å². The van der Waals surface area contributed by atoms with Gasteiger partial charge in [0.25, 0.3) is 6.20 Å². The van der Waals surface area contributed by atoms with Crippen molar-refractivity contribution >= 4 is 17.6 Å². The molecule has 2 aromatic carbocycles. The lowest BCUT2D eigenvalue weighted by molar-refractivity contribution is -0.754. The average molecular weight is 509 g/mol. The van der Waals surface area contributed by atoms with Crippen LogP contribution in [0.3, 0.4) is 0 Å². The molecule has 4 rings (SSSR count). The maximum absolute atomic E-state index is 13.2. The summed E-state index contributed by atoms with van der Waals surface area (Å²) in [5.41, 5.74) is -1.28. The van der Waals surface area contributed by atoms with Crippen molar-refractivity contribution < 1.29 is 40.3 Å². The molecule has 0 saturated carbocycles. The van der Waals surface area contributed by atoms with E-state index in [9.17, 15) is 31.1 Å². The third-order valence-electron chi connectivity index (χ3n) is 4.79. The highest BCUT2D eigenvalue weighted by atomic mass is 19.4. The van der Waals surface area contributed by atoms with Crippen molar-refractivity contribution in [3.63, 3.8) is 0 Å². The number of benzene rings is 2. The van der Waals surface area contributed by atoms with Gasteiger partial charge < -0.3 is 5.32 Å². The fourth-order valence-corrected chi connectivity index (χ4v) is 3.20. The molecule has 2 aromatic heterocycles. The molecular weight excluding hydrogens is 494 g/mol. The molecular formula is C22H15F6N6O2+. The molecule has 0 bridgehead atoms. The molecule has 8 nitrogen and oxygen atoms in total. The molecule has 0 atom stereocenters. The Balaban J connectivity index is 1.39. The monoisotopic (exact) mass is 509 g/mol. The Labute approximate surface area is 198 Å². The fraction of sp³-hybridized carbons (Fsp3) is 0.136. The Morgan fingerprint density at radius 2 is 1.72 bits per heavy atom. The summed E-state index contributed by atoms with van der Waals surface area (Å²) >= 11 is 0. The zero-order valence-electron chi connectivity index (χ0n) is 17.9. The van der Waals surface area contributed by atoms with Gasteiger partial charge >= 0.3 is 24.3 Å². The average Bonchev–Trinajstić information content (AvgIpc) is 3.25. The number of hydrogen-bond donors (Lipinski definition) is 2. The van der Waals surface area contributed by atoms with E-state index >= 15 is 0 Å². The SMILES string of the molecule is O=C(Nc1cccc(C(F)(F)F)c1)Nc1c[n+](Cc2ccc(-c3cncnc3C(F)(F)F)cc2)no1. The molecule has 2 amide bonds. The number of nitrogens with one attached hydrogen (secondary N) is 2.